The number of anilines is 1. The van der Waals surface area contributed by atoms with Gasteiger partial charge in [0, 0.05) is 5.69 Å². The first-order valence-electron chi connectivity index (χ1n) is 14.2. The van der Waals surface area contributed by atoms with Crippen molar-refractivity contribution >= 4 is 11.7 Å². The summed E-state index contributed by atoms with van der Waals surface area (Å²) in [6.07, 6.45) is 6.85. The molecule has 1 unspecified atom stereocenters. The minimum Gasteiger partial charge on any atom is -0.480 e. The highest BCUT2D eigenvalue weighted by Crippen LogP contribution is 2.41. The number of hydrogen-bond acceptors (Lipinski definition) is 5. The second-order valence-corrected chi connectivity index (χ2v) is 10.7. The number of ether oxygens (including phenoxy) is 1. The highest BCUT2D eigenvalue weighted by Gasteiger charge is 2.27. The standard InChI is InChI=1S/C33H36N4O3/c1-3-21-18-25(11-12-27(21)22-14-16-34-17-15-22)36-30-13-10-23-6-5-9-28(31(23)30)24-7-4-8-26(19-24)37-32(40-2)29(20-35-37)33(38)39/h4-9,11-12,18-20,22,30,34,36H,3,10,13-17H2,1-2H3,(H,38,39). The van der Waals surface area contributed by atoms with Gasteiger partial charge in [-0.15, -0.1) is 0 Å². The van der Waals surface area contributed by atoms with Crippen LogP contribution in [0.5, 0.6) is 5.88 Å². The summed E-state index contributed by atoms with van der Waals surface area (Å²) in [5.74, 6) is -0.206. The SMILES string of the molecule is CCc1cc(NC2CCc3cccc(-c4cccc(-n5ncc(C(=O)O)c5OC)c4)c32)ccc1C1CCNCC1. The monoisotopic (exact) mass is 536 g/mol. The average molecular weight is 537 g/mol. The molecule has 0 bridgehead atoms. The van der Waals surface area contributed by atoms with Crippen LogP contribution in [-0.4, -0.2) is 41.1 Å². The molecule has 7 nitrogen and oxygen atoms in total. The summed E-state index contributed by atoms with van der Waals surface area (Å²) in [5, 5.41) is 21.2. The van der Waals surface area contributed by atoms with Gasteiger partial charge in [-0.3, -0.25) is 0 Å². The number of carboxylic acid groups (broad SMARTS) is 1. The molecule has 40 heavy (non-hydrogen) atoms. The molecule has 1 aromatic heterocycles. The van der Waals surface area contributed by atoms with E-state index >= 15 is 0 Å². The van der Waals surface area contributed by atoms with Gasteiger partial charge in [-0.25, -0.2) is 9.48 Å². The molecule has 2 heterocycles. The number of piperidine rings is 1. The Morgan fingerprint density at radius 2 is 1.93 bits per heavy atom. The van der Waals surface area contributed by atoms with E-state index in [9.17, 15) is 9.90 Å². The third kappa shape index (κ3) is 4.86. The van der Waals surface area contributed by atoms with E-state index in [1.54, 1.807) is 4.68 Å². The first kappa shape index (κ1) is 26.1. The molecule has 7 heteroatoms. The van der Waals surface area contributed by atoms with Gasteiger partial charge in [-0.05, 0) is 109 Å². The van der Waals surface area contributed by atoms with Crippen molar-refractivity contribution in [1.29, 1.82) is 0 Å². The molecule has 4 aromatic rings. The third-order valence-corrected chi connectivity index (χ3v) is 8.44. The van der Waals surface area contributed by atoms with E-state index in [2.05, 4.69) is 71.2 Å². The summed E-state index contributed by atoms with van der Waals surface area (Å²) in [5.41, 5.74) is 9.88. The molecule has 3 N–H and O–H groups in total. The smallest absolute Gasteiger partial charge is 0.342 e. The first-order chi connectivity index (χ1) is 19.6. The van der Waals surface area contributed by atoms with Gasteiger partial charge in [-0.2, -0.15) is 5.10 Å². The van der Waals surface area contributed by atoms with Crippen molar-refractivity contribution in [2.24, 2.45) is 0 Å². The quantitative estimate of drug-likeness (QED) is 0.242. The van der Waals surface area contributed by atoms with E-state index < -0.39 is 5.97 Å². The van der Waals surface area contributed by atoms with Gasteiger partial charge in [0.05, 0.1) is 25.0 Å². The lowest BCUT2D eigenvalue weighted by molar-refractivity contribution is 0.0693. The van der Waals surface area contributed by atoms with Crippen molar-refractivity contribution in [2.45, 2.75) is 51.0 Å². The average Bonchev–Trinajstić information content (AvgIpc) is 3.62. The number of fused-ring (bicyclic) bond motifs is 1. The molecular weight excluding hydrogens is 500 g/mol. The molecular formula is C33H36N4O3. The third-order valence-electron chi connectivity index (χ3n) is 8.44. The van der Waals surface area contributed by atoms with Crippen LogP contribution in [0.3, 0.4) is 0 Å². The summed E-state index contributed by atoms with van der Waals surface area (Å²) in [6, 6.07) is 21.8. The van der Waals surface area contributed by atoms with Crippen LogP contribution in [0, 0.1) is 0 Å². The lowest BCUT2D eigenvalue weighted by Gasteiger charge is -2.26. The van der Waals surface area contributed by atoms with Crippen molar-refractivity contribution in [3.8, 4) is 22.7 Å². The second kappa shape index (κ2) is 11.2. The molecule has 2 aliphatic rings. The number of nitrogens with one attached hydrogen (secondary N) is 2. The summed E-state index contributed by atoms with van der Waals surface area (Å²) < 4.78 is 6.95. The van der Waals surface area contributed by atoms with Crippen LogP contribution in [0.2, 0.25) is 0 Å². The second-order valence-electron chi connectivity index (χ2n) is 10.7. The topological polar surface area (TPSA) is 88.4 Å². The van der Waals surface area contributed by atoms with E-state index in [-0.39, 0.29) is 17.5 Å². The zero-order valence-corrected chi connectivity index (χ0v) is 23.1. The summed E-state index contributed by atoms with van der Waals surface area (Å²) >= 11 is 0. The molecule has 3 aromatic carbocycles. The number of aromatic carboxylic acids is 1. The maximum absolute atomic E-state index is 11.6. The van der Waals surface area contributed by atoms with Crippen molar-refractivity contribution in [3.05, 3.63) is 94.7 Å². The molecule has 206 valence electrons. The number of benzene rings is 3. The van der Waals surface area contributed by atoms with Gasteiger partial charge in [0.15, 0.2) is 0 Å². The number of methoxy groups -OCH3 is 1. The number of carbonyl (C=O) groups is 1. The fourth-order valence-corrected chi connectivity index (χ4v) is 6.49. The Morgan fingerprint density at radius 3 is 2.70 bits per heavy atom. The van der Waals surface area contributed by atoms with Gasteiger partial charge >= 0.3 is 5.97 Å². The predicted octanol–water partition coefficient (Wildman–Crippen LogP) is 6.37. The van der Waals surface area contributed by atoms with E-state index in [1.807, 2.05) is 12.1 Å². The Morgan fingerprint density at radius 1 is 1.10 bits per heavy atom. The Labute approximate surface area is 235 Å². The zero-order chi connectivity index (χ0) is 27.6. The van der Waals surface area contributed by atoms with Gasteiger partial charge < -0.3 is 20.5 Å². The van der Waals surface area contributed by atoms with Crippen molar-refractivity contribution in [2.75, 3.05) is 25.5 Å². The van der Waals surface area contributed by atoms with Crippen molar-refractivity contribution in [1.82, 2.24) is 15.1 Å². The first-order valence-corrected chi connectivity index (χ1v) is 14.2. The Hall–Kier alpha value is -4.10. The molecule has 0 amide bonds. The van der Waals surface area contributed by atoms with E-state index in [0.29, 0.717) is 5.92 Å². The minimum atomic E-state index is -1.07. The van der Waals surface area contributed by atoms with Crippen LogP contribution in [0.1, 0.15) is 70.8 Å². The number of aryl methyl sites for hydroxylation is 2. The van der Waals surface area contributed by atoms with Crippen LogP contribution in [0.25, 0.3) is 16.8 Å². The largest absolute Gasteiger partial charge is 0.480 e. The van der Waals surface area contributed by atoms with Crippen LogP contribution in [-0.2, 0) is 12.8 Å². The number of nitrogens with zero attached hydrogens (tertiary/aromatic N) is 2. The molecule has 0 saturated carbocycles. The molecule has 0 spiro atoms. The fraction of sp³-hybridized carbons (Fsp3) is 0.333. The molecule has 6 rings (SSSR count). The van der Waals surface area contributed by atoms with E-state index in [1.165, 1.54) is 59.7 Å². The summed E-state index contributed by atoms with van der Waals surface area (Å²) in [4.78, 5) is 11.6. The molecule has 1 atom stereocenters. The van der Waals surface area contributed by atoms with Crippen molar-refractivity contribution in [3.63, 3.8) is 0 Å². The van der Waals surface area contributed by atoms with Gasteiger partial charge in [0.2, 0.25) is 5.88 Å². The molecule has 1 aliphatic heterocycles. The highest BCUT2D eigenvalue weighted by atomic mass is 16.5. The fourth-order valence-electron chi connectivity index (χ4n) is 6.49. The Balaban J connectivity index is 1.31. The lowest BCUT2D eigenvalue weighted by atomic mass is 9.86. The summed E-state index contributed by atoms with van der Waals surface area (Å²) in [7, 11) is 1.47. The minimum absolute atomic E-state index is 0.0374. The van der Waals surface area contributed by atoms with Crippen molar-refractivity contribution < 1.29 is 14.6 Å². The van der Waals surface area contributed by atoms with E-state index in [0.717, 1.165) is 43.6 Å². The number of rotatable bonds is 8. The maximum Gasteiger partial charge on any atom is 0.342 e. The van der Waals surface area contributed by atoms with Gasteiger partial charge in [-0.1, -0.05) is 43.3 Å². The van der Waals surface area contributed by atoms with Crippen LogP contribution in [0.15, 0.2) is 66.9 Å². The Bertz CT molecular complexity index is 1540. The number of aromatic nitrogens is 2. The number of hydrogen-bond donors (Lipinski definition) is 3. The Kier molecular flexibility index (Phi) is 7.30. The lowest BCUT2D eigenvalue weighted by Crippen LogP contribution is -2.27. The van der Waals surface area contributed by atoms with Gasteiger partial charge in [0.25, 0.3) is 0 Å². The molecule has 1 fully saturated rings. The summed E-state index contributed by atoms with van der Waals surface area (Å²) in [6.45, 7) is 4.46. The number of carboxylic acids is 1. The zero-order valence-electron chi connectivity index (χ0n) is 23.1. The highest BCUT2D eigenvalue weighted by molar-refractivity contribution is 5.90. The predicted molar refractivity (Wildman–Crippen MR) is 158 cm³/mol. The normalized spacial score (nSPS) is 17.0. The van der Waals surface area contributed by atoms with Gasteiger partial charge in [0.1, 0.15) is 5.56 Å². The molecule has 0 radical (unpaired) electrons. The van der Waals surface area contributed by atoms with Crippen LogP contribution < -0.4 is 15.4 Å². The molecule has 1 aliphatic carbocycles. The van der Waals surface area contributed by atoms with Crippen LogP contribution >= 0.6 is 0 Å². The van der Waals surface area contributed by atoms with Crippen LogP contribution in [0.4, 0.5) is 5.69 Å². The maximum atomic E-state index is 11.6. The molecule has 1 saturated heterocycles. The van der Waals surface area contributed by atoms with E-state index in [4.69, 9.17) is 4.74 Å².